The lowest BCUT2D eigenvalue weighted by atomic mass is 10.1. The summed E-state index contributed by atoms with van der Waals surface area (Å²) in [4.78, 5) is 15.3. The van der Waals surface area contributed by atoms with Crippen molar-refractivity contribution < 1.29 is 4.79 Å². The average molecular weight is 237 g/mol. The van der Waals surface area contributed by atoms with Crippen molar-refractivity contribution in [2.24, 2.45) is 5.92 Å². The number of nitrogens with zero attached hydrogens (tertiary/aromatic N) is 1. The van der Waals surface area contributed by atoms with Crippen LogP contribution >= 0.6 is 11.3 Å². The summed E-state index contributed by atoms with van der Waals surface area (Å²) in [5.41, 5.74) is 0. The van der Waals surface area contributed by atoms with Crippen molar-refractivity contribution in [1.29, 1.82) is 0 Å². The molecule has 3 heteroatoms. The number of hydrogen-bond acceptors (Lipinski definition) is 3. The van der Waals surface area contributed by atoms with Crippen LogP contribution in [0.4, 0.5) is 0 Å². The maximum atomic E-state index is 11.7. The smallest absolute Gasteiger partial charge is 0.149 e. The molecule has 1 atom stereocenters. The van der Waals surface area contributed by atoms with Crippen LogP contribution in [0.5, 0.6) is 0 Å². The first-order valence-electron chi connectivity index (χ1n) is 5.92. The lowest BCUT2D eigenvalue weighted by Crippen LogP contribution is -2.35. The maximum absolute atomic E-state index is 11.7. The van der Waals surface area contributed by atoms with Crippen molar-refractivity contribution in [3.8, 4) is 0 Å². The zero-order valence-corrected chi connectivity index (χ0v) is 10.8. The van der Waals surface area contributed by atoms with E-state index in [4.69, 9.17) is 0 Å². The van der Waals surface area contributed by atoms with E-state index >= 15 is 0 Å². The third kappa shape index (κ3) is 3.16. The van der Waals surface area contributed by atoms with Crippen LogP contribution in [-0.2, 0) is 11.2 Å². The molecular weight excluding hydrogens is 218 g/mol. The molecule has 0 aliphatic heterocycles. The highest BCUT2D eigenvalue weighted by Gasteiger charge is 2.30. The van der Waals surface area contributed by atoms with Gasteiger partial charge in [-0.25, -0.2) is 0 Å². The molecule has 0 amide bonds. The van der Waals surface area contributed by atoms with Crippen LogP contribution in [0.2, 0.25) is 0 Å². The van der Waals surface area contributed by atoms with Gasteiger partial charge in [0.15, 0.2) is 0 Å². The SMILES string of the molecule is CC(Cc1cccs1)N(C)CC(=O)C1CC1. The molecule has 0 N–H and O–H groups in total. The molecule has 0 saturated heterocycles. The van der Waals surface area contributed by atoms with E-state index in [0.29, 0.717) is 24.3 Å². The summed E-state index contributed by atoms with van der Waals surface area (Å²) in [6.07, 6.45) is 3.28. The Kier molecular flexibility index (Phi) is 3.77. The van der Waals surface area contributed by atoms with Gasteiger partial charge in [-0.2, -0.15) is 0 Å². The van der Waals surface area contributed by atoms with Crippen molar-refractivity contribution in [2.45, 2.75) is 32.2 Å². The fourth-order valence-corrected chi connectivity index (χ4v) is 2.64. The molecule has 16 heavy (non-hydrogen) atoms. The number of thiophene rings is 1. The molecule has 1 unspecified atom stereocenters. The highest BCUT2D eigenvalue weighted by Crippen LogP contribution is 2.30. The Balaban J connectivity index is 1.79. The van der Waals surface area contributed by atoms with E-state index in [1.165, 1.54) is 4.88 Å². The summed E-state index contributed by atoms with van der Waals surface area (Å²) in [7, 11) is 2.05. The Labute approximate surface area is 101 Å². The fraction of sp³-hybridized carbons (Fsp3) is 0.615. The van der Waals surface area contributed by atoms with Gasteiger partial charge in [-0.3, -0.25) is 9.69 Å². The monoisotopic (exact) mass is 237 g/mol. The second-order valence-electron chi connectivity index (χ2n) is 4.79. The van der Waals surface area contributed by atoms with E-state index in [0.717, 1.165) is 19.3 Å². The molecule has 1 fully saturated rings. The molecule has 1 heterocycles. The van der Waals surface area contributed by atoms with Crippen molar-refractivity contribution in [2.75, 3.05) is 13.6 Å². The largest absolute Gasteiger partial charge is 0.298 e. The van der Waals surface area contributed by atoms with Gasteiger partial charge >= 0.3 is 0 Å². The number of hydrogen-bond donors (Lipinski definition) is 0. The van der Waals surface area contributed by atoms with Crippen LogP contribution in [-0.4, -0.2) is 30.3 Å². The average Bonchev–Trinajstić information content (AvgIpc) is 2.98. The van der Waals surface area contributed by atoms with Crippen LogP contribution in [0, 0.1) is 5.92 Å². The Bertz CT molecular complexity index is 343. The summed E-state index contributed by atoms with van der Waals surface area (Å²) in [5, 5.41) is 2.11. The molecule has 0 bridgehead atoms. The highest BCUT2D eigenvalue weighted by molar-refractivity contribution is 7.09. The number of likely N-dealkylation sites (N-methyl/N-ethyl adjacent to an activating group) is 1. The lowest BCUT2D eigenvalue weighted by molar-refractivity contribution is -0.121. The minimum Gasteiger partial charge on any atom is -0.298 e. The van der Waals surface area contributed by atoms with E-state index in [1.807, 2.05) is 0 Å². The Hall–Kier alpha value is -0.670. The van der Waals surface area contributed by atoms with Gasteiger partial charge in [0.1, 0.15) is 5.78 Å². The van der Waals surface area contributed by atoms with Crippen molar-refractivity contribution in [1.82, 2.24) is 4.90 Å². The number of carbonyl (C=O) groups excluding carboxylic acids is 1. The number of ketones is 1. The van der Waals surface area contributed by atoms with E-state index in [9.17, 15) is 4.79 Å². The summed E-state index contributed by atoms with van der Waals surface area (Å²) in [6, 6.07) is 4.70. The number of Topliss-reactive ketones (excluding diaryl/α,β-unsaturated/α-hetero) is 1. The first kappa shape index (κ1) is 11.8. The standard InChI is InChI=1S/C13H19NOS/c1-10(8-12-4-3-7-16-12)14(2)9-13(15)11-5-6-11/h3-4,7,10-11H,5-6,8-9H2,1-2H3. The van der Waals surface area contributed by atoms with Crippen molar-refractivity contribution in [3.05, 3.63) is 22.4 Å². The molecule has 1 aromatic rings. The first-order chi connectivity index (χ1) is 7.66. The van der Waals surface area contributed by atoms with Gasteiger partial charge in [0.25, 0.3) is 0 Å². The molecule has 1 aliphatic carbocycles. The molecule has 0 radical (unpaired) electrons. The van der Waals surface area contributed by atoms with Gasteiger partial charge in [-0.1, -0.05) is 6.07 Å². The van der Waals surface area contributed by atoms with Crippen LogP contribution in [0.25, 0.3) is 0 Å². The normalized spacial score (nSPS) is 17.7. The molecule has 0 aromatic carbocycles. The molecule has 2 nitrogen and oxygen atoms in total. The minimum atomic E-state index is 0.386. The number of rotatable bonds is 6. The fourth-order valence-electron chi connectivity index (χ4n) is 1.81. The van der Waals surface area contributed by atoms with Crippen LogP contribution in [0.3, 0.4) is 0 Å². The second kappa shape index (κ2) is 5.11. The molecule has 1 aromatic heterocycles. The second-order valence-corrected chi connectivity index (χ2v) is 5.82. The van der Waals surface area contributed by atoms with Gasteiger partial charge in [0.2, 0.25) is 0 Å². The van der Waals surface area contributed by atoms with Gasteiger partial charge < -0.3 is 0 Å². The Morgan fingerprint density at radius 1 is 1.62 bits per heavy atom. The van der Waals surface area contributed by atoms with Gasteiger partial charge in [-0.15, -0.1) is 11.3 Å². The van der Waals surface area contributed by atoms with Gasteiger partial charge in [0, 0.05) is 16.8 Å². The van der Waals surface area contributed by atoms with E-state index in [2.05, 4.69) is 36.4 Å². The van der Waals surface area contributed by atoms with Crippen molar-refractivity contribution >= 4 is 17.1 Å². The molecule has 1 aliphatic rings. The lowest BCUT2D eigenvalue weighted by Gasteiger charge is -2.23. The van der Waals surface area contributed by atoms with Crippen LogP contribution in [0.15, 0.2) is 17.5 Å². The zero-order chi connectivity index (χ0) is 11.5. The Morgan fingerprint density at radius 2 is 2.38 bits per heavy atom. The van der Waals surface area contributed by atoms with Crippen LogP contribution in [0.1, 0.15) is 24.6 Å². The minimum absolute atomic E-state index is 0.386. The summed E-state index contributed by atoms with van der Waals surface area (Å²) >= 11 is 1.79. The van der Waals surface area contributed by atoms with E-state index in [1.54, 1.807) is 11.3 Å². The summed E-state index contributed by atoms with van der Waals surface area (Å²) in [6.45, 7) is 2.82. The third-order valence-corrected chi connectivity index (χ3v) is 4.17. The van der Waals surface area contributed by atoms with E-state index in [-0.39, 0.29) is 0 Å². The predicted molar refractivity (Wildman–Crippen MR) is 67.8 cm³/mol. The van der Waals surface area contributed by atoms with Crippen LogP contribution < -0.4 is 0 Å². The molecule has 88 valence electrons. The molecule has 2 rings (SSSR count). The molecular formula is C13H19NOS. The topological polar surface area (TPSA) is 20.3 Å². The van der Waals surface area contributed by atoms with Gasteiger partial charge in [0.05, 0.1) is 6.54 Å². The highest BCUT2D eigenvalue weighted by atomic mass is 32.1. The Morgan fingerprint density at radius 3 is 2.94 bits per heavy atom. The summed E-state index contributed by atoms with van der Waals surface area (Å²) in [5.74, 6) is 0.817. The summed E-state index contributed by atoms with van der Waals surface area (Å²) < 4.78 is 0. The third-order valence-electron chi connectivity index (χ3n) is 3.27. The quantitative estimate of drug-likeness (QED) is 0.758. The molecule has 0 spiro atoms. The maximum Gasteiger partial charge on any atom is 0.149 e. The van der Waals surface area contributed by atoms with Gasteiger partial charge in [-0.05, 0) is 44.7 Å². The van der Waals surface area contributed by atoms with E-state index < -0.39 is 0 Å². The predicted octanol–water partition coefficient (Wildman–Crippen LogP) is 2.59. The first-order valence-corrected chi connectivity index (χ1v) is 6.80. The zero-order valence-electron chi connectivity index (χ0n) is 9.98. The number of carbonyl (C=O) groups is 1. The molecule has 1 saturated carbocycles. The van der Waals surface area contributed by atoms with Crippen molar-refractivity contribution in [3.63, 3.8) is 0 Å².